The van der Waals surface area contributed by atoms with E-state index >= 15 is 0 Å². The number of carbonyl (C=O) groups is 1. The standard InChI is InChI=1S/C17H21NO3/c1-4-15(17(20)21-11-12(2)3)18-10-9-13-7-5-6-8-14(13)16(18)19/h5-10,12,15H,4,11H2,1-3H3. The molecule has 1 aromatic heterocycles. The van der Waals surface area contributed by atoms with Crippen molar-refractivity contribution in [2.24, 2.45) is 5.92 Å². The Labute approximate surface area is 124 Å². The van der Waals surface area contributed by atoms with Crippen molar-refractivity contribution in [2.45, 2.75) is 33.2 Å². The van der Waals surface area contributed by atoms with E-state index in [0.29, 0.717) is 18.4 Å². The summed E-state index contributed by atoms with van der Waals surface area (Å²) in [7, 11) is 0. The third kappa shape index (κ3) is 3.32. The monoisotopic (exact) mass is 287 g/mol. The van der Waals surface area contributed by atoms with Gasteiger partial charge >= 0.3 is 5.97 Å². The van der Waals surface area contributed by atoms with Gasteiger partial charge in [0.05, 0.1) is 6.61 Å². The van der Waals surface area contributed by atoms with Gasteiger partial charge in [0.1, 0.15) is 6.04 Å². The van der Waals surface area contributed by atoms with Crippen LogP contribution in [0, 0.1) is 5.92 Å². The first-order valence-corrected chi connectivity index (χ1v) is 7.31. The van der Waals surface area contributed by atoms with Gasteiger partial charge in [-0.3, -0.25) is 4.79 Å². The number of hydrogen-bond donors (Lipinski definition) is 0. The van der Waals surface area contributed by atoms with Crippen LogP contribution in [0.2, 0.25) is 0 Å². The molecule has 0 aliphatic carbocycles. The Bertz CT molecular complexity index is 688. The summed E-state index contributed by atoms with van der Waals surface area (Å²) in [6, 6.07) is 8.67. The molecule has 4 heteroatoms. The van der Waals surface area contributed by atoms with Gasteiger partial charge in [0.25, 0.3) is 5.56 Å². The first kappa shape index (κ1) is 15.3. The molecule has 1 heterocycles. The molecule has 0 N–H and O–H groups in total. The number of carbonyl (C=O) groups excluding carboxylic acids is 1. The van der Waals surface area contributed by atoms with Crippen molar-refractivity contribution in [1.29, 1.82) is 0 Å². The lowest BCUT2D eigenvalue weighted by atomic mass is 10.1. The van der Waals surface area contributed by atoms with Gasteiger partial charge in [0.15, 0.2) is 0 Å². The third-order valence-electron chi connectivity index (χ3n) is 3.39. The van der Waals surface area contributed by atoms with Crippen molar-refractivity contribution in [2.75, 3.05) is 6.61 Å². The minimum Gasteiger partial charge on any atom is -0.464 e. The molecule has 0 saturated carbocycles. The van der Waals surface area contributed by atoms with E-state index in [4.69, 9.17) is 4.74 Å². The molecule has 2 rings (SSSR count). The Morgan fingerprint density at radius 1 is 1.24 bits per heavy atom. The van der Waals surface area contributed by atoms with Gasteiger partial charge in [-0.2, -0.15) is 0 Å². The first-order chi connectivity index (χ1) is 10.0. The van der Waals surface area contributed by atoms with Crippen molar-refractivity contribution >= 4 is 16.7 Å². The highest BCUT2D eigenvalue weighted by molar-refractivity contribution is 5.82. The zero-order valence-electron chi connectivity index (χ0n) is 12.7. The van der Waals surface area contributed by atoms with Gasteiger partial charge in [0, 0.05) is 11.6 Å². The lowest BCUT2D eigenvalue weighted by Crippen LogP contribution is -2.31. The molecule has 0 radical (unpaired) electrons. The van der Waals surface area contributed by atoms with Crippen LogP contribution in [0.15, 0.2) is 41.3 Å². The van der Waals surface area contributed by atoms with Crippen molar-refractivity contribution < 1.29 is 9.53 Å². The average Bonchev–Trinajstić information content (AvgIpc) is 2.48. The third-order valence-corrected chi connectivity index (χ3v) is 3.39. The van der Waals surface area contributed by atoms with Crippen molar-refractivity contribution in [3.63, 3.8) is 0 Å². The molecule has 0 amide bonds. The van der Waals surface area contributed by atoms with Crippen LogP contribution in [0.25, 0.3) is 10.8 Å². The summed E-state index contributed by atoms with van der Waals surface area (Å²) in [5.74, 6) is -0.0663. The van der Waals surface area contributed by atoms with E-state index in [-0.39, 0.29) is 17.4 Å². The highest BCUT2D eigenvalue weighted by Gasteiger charge is 2.21. The molecule has 112 valence electrons. The fourth-order valence-electron chi connectivity index (χ4n) is 2.27. The number of aromatic nitrogens is 1. The predicted octanol–water partition coefficient (Wildman–Crippen LogP) is 3.15. The Kier molecular flexibility index (Phi) is 4.78. The maximum absolute atomic E-state index is 12.5. The maximum atomic E-state index is 12.5. The van der Waals surface area contributed by atoms with Gasteiger partial charge in [0.2, 0.25) is 0 Å². The number of fused-ring (bicyclic) bond motifs is 1. The Morgan fingerprint density at radius 2 is 1.95 bits per heavy atom. The minimum absolute atomic E-state index is 0.151. The summed E-state index contributed by atoms with van der Waals surface area (Å²) in [5.41, 5.74) is -0.151. The number of esters is 1. The molecule has 0 aliphatic rings. The topological polar surface area (TPSA) is 48.3 Å². The minimum atomic E-state index is -0.569. The van der Waals surface area contributed by atoms with E-state index in [1.807, 2.05) is 45.0 Å². The van der Waals surface area contributed by atoms with E-state index in [1.54, 1.807) is 12.3 Å². The van der Waals surface area contributed by atoms with Crippen molar-refractivity contribution in [3.05, 3.63) is 46.9 Å². The normalized spacial score (nSPS) is 12.6. The molecule has 1 atom stereocenters. The van der Waals surface area contributed by atoms with Gasteiger partial charge < -0.3 is 9.30 Å². The highest BCUT2D eigenvalue weighted by Crippen LogP contribution is 2.15. The second-order valence-electron chi connectivity index (χ2n) is 5.56. The SMILES string of the molecule is CCC(C(=O)OCC(C)C)n1ccc2ccccc2c1=O. The van der Waals surface area contributed by atoms with Crippen LogP contribution in [0.3, 0.4) is 0 Å². The van der Waals surface area contributed by atoms with Crippen LogP contribution in [0.4, 0.5) is 0 Å². The molecule has 4 nitrogen and oxygen atoms in total. The first-order valence-electron chi connectivity index (χ1n) is 7.31. The zero-order chi connectivity index (χ0) is 15.4. The second-order valence-corrected chi connectivity index (χ2v) is 5.56. The van der Waals surface area contributed by atoms with Crippen LogP contribution < -0.4 is 5.56 Å². The average molecular weight is 287 g/mol. The molecule has 0 saturated heterocycles. The van der Waals surface area contributed by atoms with Crippen LogP contribution in [0.5, 0.6) is 0 Å². The molecule has 21 heavy (non-hydrogen) atoms. The summed E-state index contributed by atoms with van der Waals surface area (Å²) < 4.78 is 6.76. The fourth-order valence-corrected chi connectivity index (χ4v) is 2.27. The summed E-state index contributed by atoms with van der Waals surface area (Å²) in [4.78, 5) is 24.7. The second kappa shape index (κ2) is 6.57. The Morgan fingerprint density at radius 3 is 2.62 bits per heavy atom. The number of benzene rings is 1. The lowest BCUT2D eigenvalue weighted by Gasteiger charge is -2.18. The number of rotatable bonds is 5. The molecular weight excluding hydrogens is 266 g/mol. The maximum Gasteiger partial charge on any atom is 0.329 e. The van der Waals surface area contributed by atoms with Crippen LogP contribution in [-0.4, -0.2) is 17.1 Å². The number of hydrogen-bond acceptors (Lipinski definition) is 3. The van der Waals surface area contributed by atoms with Crippen LogP contribution in [-0.2, 0) is 9.53 Å². The molecule has 2 aromatic rings. The predicted molar refractivity (Wildman–Crippen MR) is 83.3 cm³/mol. The summed E-state index contributed by atoms with van der Waals surface area (Å²) >= 11 is 0. The largest absolute Gasteiger partial charge is 0.464 e. The van der Waals surface area contributed by atoms with E-state index in [0.717, 1.165) is 5.39 Å². The lowest BCUT2D eigenvalue weighted by molar-refractivity contribution is -0.149. The molecule has 1 aromatic carbocycles. The van der Waals surface area contributed by atoms with E-state index < -0.39 is 6.04 Å². The molecular formula is C17H21NO3. The summed E-state index contributed by atoms with van der Waals surface area (Å²) in [5, 5.41) is 1.50. The van der Waals surface area contributed by atoms with Crippen molar-refractivity contribution in [3.8, 4) is 0 Å². The summed E-state index contributed by atoms with van der Waals surface area (Å²) in [6.07, 6.45) is 2.20. The van der Waals surface area contributed by atoms with Gasteiger partial charge in [-0.1, -0.05) is 39.0 Å². The molecule has 0 fully saturated rings. The number of ether oxygens (including phenoxy) is 1. The Hall–Kier alpha value is -2.10. The number of pyridine rings is 1. The fraction of sp³-hybridized carbons (Fsp3) is 0.412. The molecule has 0 spiro atoms. The number of nitrogens with zero attached hydrogens (tertiary/aromatic N) is 1. The van der Waals surface area contributed by atoms with E-state index in [9.17, 15) is 9.59 Å². The zero-order valence-corrected chi connectivity index (χ0v) is 12.7. The van der Waals surface area contributed by atoms with Crippen molar-refractivity contribution in [1.82, 2.24) is 4.57 Å². The van der Waals surface area contributed by atoms with Crippen LogP contribution in [0.1, 0.15) is 33.2 Å². The van der Waals surface area contributed by atoms with Gasteiger partial charge in [-0.25, -0.2) is 4.79 Å². The smallest absolute Gasteiger partial charge is 0.329 e. The quantitative estimate of drug-likeness (QED) is 0.794. The van der Waals surface area contributed by atoms with E-state index in [1.165, 1.54) is 4.57 Å². The highest BCUT2D eigenvalue weighted by atomic mass is 16.5. The van der Waals surface area contributed by atoms with Gasteiger partial charge in [-0.05, 0) is 29.9 Å². The van der Waals surface area contributed by atoms with E-state index in [2.05, 4.69) is 0 Å². The molecule has 0 bridgehead atoms. The summed E-state index contributed by atoms with van der Waals surface area (Å²) in [6.45, 7) is 6.22. The Balaban J connectivity index is 2.36. The molecule has 0 aliphatic heterocycles. The van der Waals surface area contributed by atoms with Gasteiger partial charge in [-0.15, -0.1) is 0 Å². The molecule has 1 unspecified atom stereocenters. The van der Waals surface area contributed by atoms with Crippen LogP contribution >= 0.6 is 0 Å².